The quantitative estimate of drug-likeness (QED) is 0.0379. The van der Waals surface area contributed by atoms with Crippen LogP contribution in [0.2, 0.25) is 0 Å². The number of hydrogen-bond acceptors (Lipinski definition) is 9. The Labute approximate surface area is 280 Å². The molecule has 0 unspecified atom stereocenters. The van der Waals surface area contributed by atoms with E-state index in [9.17, 15) is 33.9 Å². The average Bonchev–Trinajstić information content (AvgIpc) is 3.00. The van der Waals surface area contributed by atoms with Gasteiger partial charge in [-0.3, -0.25) is 34.2 Å². The molecule has 17 nitrogen and oxygen atoms in total. The highest BCUT2D eigenvalue weighted by Crippen LogP contribution is 2.13. The lowest BCUT2D eigenvalue weighted by Crippen LogP contribution is -2.59. The molecule has 0 saturated carbocycles. The SMILES string of the molecule is CC(C)C[C@H](NC(=O)CN)C(=O)N[C@@H](CCCNC(=N)N)C(=O)N[C@@H](CC(C)C)C(=O)N[C@@H](Cc1ccc(O)cc1)C(=O)NCC(N)=O. The van der Waals surface area contributed by atoms with Gasteiger partial charge in [0.25, 0.3) is 0 Å². The van der Waals surface area contributed by atoms with Crippen molar-refractivity contribution >= 4 is 41.4 Å². The summed E-state index contributed by atoms with van der Waals surface area (Å²) in [5.74, 6) is -4.34. The second kappa shape index (κ2) is 21.0. The van der Waals surface area contributed by atoms with E-state index in [4.69, 9.17) is 22.6 Å². The van der Waals surface area contributed by atoms with Gasteiger partial charge in [0.15, 0.2) is 5.96 Å². The average molecular weight is 677 g/mol. The highest BCUT2D eigenvalue weighted by atomic mass is 16.3. The lowest BCUT2D eigenvalue weighted by molar-refractivity contribution is -0.135. The van der Waals surface area contributed by atoms with Gasteiger partial charge in [0, 0.05) is 13.0 Å². The Bertz CT molecular complexity index is 1260. The molecule has 4 atom stereocenters. The first-order chi connectivity index (χ1) is 22.5. The third kappa shape index (κ3) is 16.6. The van der Waals surface area contributed by atoms with Gasteiger partial charge < -0.3 is 54.2 Å². The number of carbonyl (C=O) groups excluding carboxylic acids is 6. The standard InChI is InChI=1S/C31H52N10O7/c1-17(2)12-22(38-26(44)15-32)29(47)39-21(6-5-11-36-31(34)35)28(46)40-23(13-18(3)4)30(48)41-24(27(45)37-16-25(33)43)14-19-7-9-20(42)10-8-19/h7-10,17-18,21-24,42H,5-6,11-16,32H2,1-4H3,(H2,33,43)(H,37,45)(H,38,44)(H,39,47)(H,40,46)(H,41,48)(H4,34,35,36)/t21-,22-,23-,24-/m0/s1. The van der Waals surface area contributed by atoms with Crippen molar-refractivity contribution < 1.29 is 33.9 Å². The fraction of sp³-hybridized carbons (Fsp3) is 0.581. The zero-order valence-electron chi connectivity index (χ0n) is 28.1. The summed E-state index contributed by atoms with van der Waals surface area (Å²) in [5, 5.41) is 32.6. The van der Waals surface area contributed by atoms with E-state index in [0.29, 0.717) is 12.0 Å². The van der Waals surface area contributed by atoms with Crippen LogP contribution in [0.15, 0.2) is 24.3 Å². The van der Waals surface area contributed by atoms with Crippen molar-refractivity contribution in [2.24, 2.45) is 29.0 Å². The van der Waals surface area contributed by atoms with Gasteiger partial charge in [-0.15, -0.1) is 0 Å². The summed E-state index contributed by atoms with van der Waals surface area (Å²) in [7, 11) is 0. The molecule has 0 heterocycles. The molecule has 48 heavy (non-hydrogen) atoms. The first-order valence-corrected chi connectivity index (χ1v) is 15.8. The molecule has 1 aromatic rings. The normalized spacial score (nSPS) is 13.4. The first kappa shape index (κ1) is 41.1. The van der Waals surface area contributed by atoms with Crippen molar-refractivity contribution in [1.82, 2.24) is 31.9 Å². The zero-order valence-corrected chi connectivity index (χ0v) is 28.1. The van der Waals surface area contributed by atoms with Gasteiger partial charge in [0.2, 0.25) is 35.4 Å². The highest BCUT2D eigenvalue weighted by molar-refractivity contribution is 5.96. The van der Waals surface area contributed by atoms with E-state index in [2.05, 4.69) is 31.9 Å². The molecular formula is C31H52N10O7. The largest absolute Gasteiger partial charge is 0.508 e. The van der Waals surface area contributed by atoms with Gasteiger partial charge in [0.05, 0.1) is 13.1 Å². The third-order valence-electron chi connectivity index (χ3n) is 6.95. The summed E-state index contributed by atoms with van der Waals surface area (Å²) in [5.41, 5.74) is 16.5. The number of nitrogens with one attached hydrogen (secondary N) is 7. The Kier molecular flexibility index (Phi) is 18.0. The van der Waals surface area contributed by atoms with Crippen molar-refractivity contribution in [3.8, 4) is 5.75 Å². The van der Waals surface area contributed by atoms with Crippen molar-refractivity contribution in [3.63, 3.8) is 0 Å². The molecule has 1 rings (SSSR count). The summed E-state index contributed by atoms with van der Waals surface area (Å²) in [6, 6.07) is 1.55. The van der Waals surface area contributed by atoms with Crippen molar-refractivity contribution in [3.05, 3.63) is 29.8 Å². The van der Waals surface area contributed by atoms with E-state index in [1.54, 1.807) is 12.1 Å². The van der Waals surface area contributed by atoms with Crippen molar-refractivity contribution in [2.75, 3.05) is 19.6 Å². The minimum atomic E-state index is -1.18. The molecular weight excluding hydrogens is 624 g/mol. The Morgan fingerprint density at radius 1 is 0.729 bits per heavy atom. The maximum Gasteiger partial charge on any atom is 0.243 e. The van der Waals surface area contributed by atoms with E-state index >= 15 is 0 Å². The molecule has 0 bridgehead atoms. The maximum absolute atomic E-state index is 13.7. The summed E-state index contributed by atoms with van der Waals surface area (Å²) in [6.07, 6.45) is 0.828. The van der Waals surface area contributed by atoms with E-state index < -0.39 is 66.2 Å². The van der Waals surface area contributed by atoms with Crippen LogP contribution in [0.25, 0.3) is 0 Å². The van der Waals surface area contributed by atoms with Gasteiger partial charge in [-0.1, -0.05) is 39.8 Å². The Morgan fingerprint density at radius 2 is 1.23 bits per heavy atom. The minimum Gasteiger partial charge on any atom is -0.508 e. The number of guanidine groups is 1. The van der Waals surface area contributed by atoms with Crippen molar-refractivity contribution in [2.45, 2.75) is 84.0 Å². The number of nitrogens with two attached hydrogens (primary N) is 3. The monoisotopic (exact) mass is 676 g/mol. The van der Waals surface area contributed by atoms with E-state index in [1.807, 2.05) is 27.7 Å². The number of rotatable bonds is 21. The topological polar surface area (TPSA) is 297 Å². The fourth-order valence-electron chi connectivity index (χ4n) is 4.65. The van der Waals surface area contributed by atoms with Crippen LogP contribution in [0.5, 0.6) is 5.75 Å². The minimum absolute atomic E-state index is 0.00739. The van der Waals surface area contributed by atoms with Crippen LogP contribution < -0.4 is 49.1 Å². The highest BCUT2D eigenvalue weighted by Gasteiger charge is 2.32. The molecule has 1 aromatic carbocycles. The zero-order chi connectivity index (χ0) is 36.4. The van der Waals surface area contributed by atoms with Gasteiger partial charge in [0.1, 0.15) is 29.9 Å². The Balaban J connectivity index is 3.27. The van der Waals surface area contributed by atoms with Crippen LogP contribution in [0.1, 0.15) is 58.9 Å². The lowest BCUT2D eigenvalue weighted by atomic mass is 9.99. The second-order valence-corrected chi connectivity index (χ2v) is 12.3. The summed E-state index contributed by atoms with van der Waals surface area (Å²) in [6.45, 7) is 6.84. The number of carbonyl (C=O) groups is 6. The van der Waals surface area contributed by atoms with Crippen LogP contribution in [-0.4, -0.2) is 90.3 Å². The molecule has 0 fully saturated rings. The number of phenolic OH excluding ortho intramolecular Hbond substituents is 1. The molecule has 14 N–H and O–H groups in total. The molecule has 268 valence electrons. The molecule has 0 radical (unpaired) electrons. The van der Waals surface area contributed by atoms with Crippen LogP contribution in [-0.2, 0) is 35.2 Å². The molecule has 0 spiro atoms. The first-order valence-electron chi connectivity index (χ1n) is 15.8. The Hall–Kier alpha value is -4.93. The number of phenols is 1. The van der Waals surface area contributed by atoms with Crippen LogP contribution in [0, 0.1) is 17.2 Å². The molecule has 0 aliphatic heterocycles. The summed E-state index contributed by atoms with van der Waals surface area (Å²) >= 11 is 0. The number of hydrogen-bond donors (Lipinski definition) is 11. The van der Waals surface area contributed by atoms with Gasteiger partial charge in [-0.2, -0.15) is 0 Å². The molecule has 0 aromatic heterocycles. The second-order valence-electron chi connectivity index (χ2n) is 12.3. The predicted octanol–water partition coefficient (Wildman–Crippen LogP) is -2.21. The number of amides is 6. The van der Waals surface area contributed by atoms with E-state index in [0.717, 1.165) is 0 Å². The van der Waals surface area contributed by atoms with Crippen LogP contribution in [0.4, 0.5) is 0 Å². The summed E-state index contributed by atoms with van der Waals surface area (Å²) < 4.78 is 0. The fourth-order valence-corrected chi connectivity index (χ4v) is 4.65. The molecule has 0 aliphatic carbocycles. The smallest absolute Gasteiger partial charge is 0.243 e. The van der Waals surface area contributed by atoms with Crippen LogP contribution in [0.3, 0.4) is 0 Å². The Morgan fingerprint density at radius 3 is 1.73 bits per heavy atom. The third-order valence-corrected chi connectivity index (χ3v) is 6.95. The predicted molar refractivity (Wildman–Crippen MR) is 179 cm³/mol. The van der Waals surface area contributed by atoms with E-state index in [1.165, 1.54) is 12.1 Å². The number of primary amides is 1. The number of benzene rings is 1. The van der Waals surface area contributed by atoms with Gasteiger partial charge in [-0.25, -0.2) is 0 Å². The van der Waals surface area contributed by atoms with E-state index in [-0.39, 0.29) is 62.3 Å². The lowest BCUT2D eigenvalue weighted by Gasteiger charge is -2.27. The van der Waals surface area contributed by atoms with Crippen molar-refractivity contribution in [1.29, 1.82) is 5.41 Å². The molecule has 0 saturated heterocycles. The van der Waals surface area contributed by atoms with Gasteiger partial charge in [-0.05, 0) is 55.2 Å². The summed E-state index contributed by atoms with van der Waals surface area (Å²) in [4.78, 5) is 77.0. The maximum atomic E-state index is 13.7. The molecule has 6 amide bonds. The number of aromatic hydroxyl groups is 1. The van der Waals surface area contributed by atoms with Crippen LogP contribution >= 0.6 is 0 Å². The van der Waals surface area contributed by atoms with Gasteiger partial charge >= 0.3 is 0 Å². The molecule has 0 aliphatic rings. The molecule has 17 heteroatoms.